The van der Waals surface area contributed by atoms with Crippen molar-refractivity contribution in [2.24, 2.45) is 0 Å². The van der Waals surface area contributed by atoms with Gasteiger partial charge in [-0.1, -0.05) is 29.3 Å². The molecule has 2 aromatic heterocycles. The molecule has 2 heterocycles. The Morgan fingerprint density at radius 2 is 1.12 bits per heavy atom. The molecule has 0 atom stereocenters. The van der Waals surface area contributed by atoms with Gasteiger partial charge in [0.2, 0.25) is 11.0 Å². The third kappa shape index (κ3) is 5.03. The van der Waals surface area contributed by atoms with Gasteiger partial charge in [0.05, 0.1) is 32.2 Å². The van der Waals surface area contributed by atoms with Crippen molar-refractivity contribution in [1.82, 2.24) is 19.8 Å². The number of aromatic nitrogens is 6. The molecule has 0 bridgehead atoms. The van der Waals surface area contributed by atoms with Crippen LogP contribution in [0.1, 0.15) is 0 Å². The van der Waals surface area contributed by atoms with Crippen LogP contribution in [-0.2, 0) is 0 Å². The maximum absolute atomic E-state index is 12.2. The molecule has 16 heteroatoms. The van der Waals surface area contributed by atoms with Gasteiger partial charge in [-0.25, -0.2) is 0 Å². The van der Waals surface area contributed by atoms with E-state index in [4.69, 9.17) is 23.2 Å². The zero-order valence-corrected chi connectivity index (χ0v) is 21.4. The van der Waals surface area contributed by atoms with Crippen LogP contribution in [0.5, 0.6) is 0 Å². The van der Waals surface area contributed by atoms with Crippen LogP contribution in [0.3, 0.4) is 0 Å². The number of nitro groups is 2. The minimum Gasteiger partial charge on any atom is -0.692 e. The topological polar surface area (TPSA) is 176 Å². The summed E-state index contributed by atoms with van der Waals surface area (Å²) >= 11 is 11.7. The SMILES string of the molecule is O=[N+]([O-])c1ccc2nn(-c3ccc(Cl)cc3)[n+]([O-])c2c1.O=[N+]([O-])c1ccc2nn(-c3cccc(Cl)c3)[n+]([O-])c2c1. The average molecular weight is 581 g/mol. The van der Waals surface area contributed by atoms with E-state index >= 15 is 0 Å². The van der Waals surface area contributed by atoms with E-state index in [1.165, 1.54) is 36.4 Å². The quantitative estimate of drug-likeness (QED) is 0.127. The molecule has 40 heavy (non-hydrogen) atoms. The molecule has 6 rings (SSSR count). The van der Waals surface area contributed by atoms with Crippen molar-refractivity contribution in [2.45, 2.75) is 0 Å². The molecule has 4 aromatic carbocycles. The second-order valence-corrected chi connectivity index (χ2v) is 9.01. The van der Waals surface area contributed by atoms with Gasteiger partial charge >= 0.3 is 0 Å². The van der Waals surface area contributed by atoms with Gasteiger partial charge in [0.25, 0.3) is 22.4 Å². The fourth-order valence-corrected chi connectivity index (χ4v) is 4.03. The van der Waals surface area contributed by atoms with Crippen LogP contribution in [-0.4, -0.2) is 29.6 Å². The van der Waals surface area contributed by atoms with E-state index in [0.29, 0.717) is 42.1 Å². The Bertz CT molecular complexity index is 1920. The lowest BCUT2D eigenvalue weighted by molar-refractivity contribution is -0.664. The molecule has 0 aliphatic rings. The molecule has 200 valence electrons. The highest BCUT2D eigenvalue weighted by molar-refractivity contribution is 6.31. The molecule has 0 saturated carbocycles. The Hall–Kier alpha value is -5.34. The van der Waals surface area contributed by atoms with Crippen molar-refractivity contribution in [3.05, 3.63) is 126 Å². The lowest BCUT2D eigenvalue weighted by Gasteiger charge is -2.03. The van der Waals surface area contributed by atoms with Gasteiger partial charge in [-0.05, 0) is 52.1 Å². The Kier molecular flexibility index (Phi) is 6.85. The van der Waals surface area contributed by atoms with Gasteiger partial charge < -0.3 is 10.4 Å². The lowest BCUT2D eigenvalue weighted by atomic mass is 10.3. The zero-order chi connectivity index (χ0) is 28.6. The average Bonchev–Trinajstić information content (AvgIpc) is 3.45. The van der Waals surface area contributed by atoms with E-state index in [0.717, 1.165) is 9.59 Å². The molecule has 0 saturated heterocycles. The highest BCUT2D eigenvalue weighted by atomic mass is 35.5. The summed E-state index contributed by atoms with van der Waals surface area (Å²) < 4.78 is 0. The minimum absolute atomic E-state index is 0.124. The van der Waals surface area contributed by atoms with Crippen molar-refractivity contribution in [2.75, 3.05) is 0 Å². The van der Waals surface area contributed by atoms with Crippen LogP contribution < -0.4 is 9.69 Å². The Labute approximate surface area is 232 Å². The van der Waals surface area contributed by atoms with E-state index < -0.39 is 9.85 Å². The van der Waals surface area contributed by atoms with Crippen molar-refractivity contribution in [3.63, 3.8) is 0 Å². The molecule has 0 amide bonds. The van der Waals surface area contributed by atoms with E-state index in [1.807, 2.05) is 0 Å². The first-order valence-corrected chi connectivity index (χ1v) is 11.9. The number of rotatable bonds is 4. The predicted molar refractivity (Wildman–Crippen MR) is 143 cm³/mol. The molecular formula is C24H14Cl2N8O6. The first kappa shape index (κ1) is 26.3. The summed E-state index contributed by atoms with van der Waals surface area (Å²) in [5.74, 6) is 0. The Morgan fingerprint density at radius 3 is 1.60 bits per heavy atom. The Morgan fingerprint density at radius 1 is 0.625 bits per heavy atom. The number of halogens is 2. The standard InChI is InChI=1S/2C12H7ClN4O3/c13-8-1-3-9(4-2-8)15-14-11-6-5-10(17(19)20)7-12(11)16(15)18;13-8-2-1-3-9(6-8)15-14-11-5-4-10(17(19)20)7-12(11)16(15)18/h2*1-7H. The molecule has 0 radical (unpaired) electrons. The maximum Gasteiger partial charge on any atom is 0.274 e. The molecular weight excluding hydrogens is 567 g/mol. The second kappa shape index (κ2) is 10.4. The van der Waals surface area contributed by atoms with E-state index in [2.05, 4.69) is 10.2 Å². The molecule has 0 N–H and O–H groups in total. The van der Waals surface area contributed by atoms with Gasteiger partial charge in [-0.2, -0.15) is 0 Å². The van der Waals surface area contributed by atoms with Crippen molar-refractivity contribution in [1.29, 1.82) is 0 Å². The van der Waals surface area contributed by atoms with E-state index in [-0.39, 0.29) is 22.4 Å². The number of fused-ring (bicyclic) bond motifs is 2. The maximum atomic E-state index is 12.2. The largest absolute Gasteiger partial charge is 0.692 e. The summed E-state index contributed by atoms with van der Waals surface area (Å²) in [4.78, 5) is 23.5. The third-order valence-corrected chi connectivity index (χ3v) is 6.08. The molecule has 0 aliphatic heterocycles. The monoisotopic (exact) mass is 580 g/mol. The summed E-state index contributed by atoms with van der Waals surface area (Å²) in [6.07, 6.45) is 0. The molecule has 0 spiro atoms. The summed E-state index contributed by atoms with van der Waals surface area (Å²) in [6.45, 7) is 0. The smallest absolute Gasteiger partial charge is 0.274 e. The van der Waals surface area contributed by atoms with Gasteiger partial charge in [0.1, 0.15) is 11.4 Å². The van der Waals surface area contributed by atoms with E-state index in [1.54, 1.807) is 48.5 Å². The second-order valence-electron chi connectivity index (χ2n) is 8.14. The first-order chi connectivity index (χ1) is 19.1. The number of hydrogen-bond donors (Lipinski definition) is 0. The van der Waals surface area contributed by atoms with Crippen LogP contribution >= 0.6 is 23.2 Å². The van der Waals surface area contributed by atoms with E-state index in [9.17, 15) is 30.6 Å². The normalized spacial score (nSPS) is 10.8. The molecule has 0 fully saturated rings. The van der Waals surface area contributed by atoms with Crippen LogP contribution in [0, 0.1) is 30.6 Å². The Balaban J connectivity index is 0.000000161. The van der Waals surface area contributed by atoms with Crippen LogP contribution in [0.4, 0.5) is 11.4 Å². The predicted octanol–water partition coefficient (Wildman–Crippen LogP) is 4.44. The lowest BCUT2D eigenvalue weighted by Crippen LogP contribution is -2.37. The summed E-state index contributed by atoms with van der Waals surface area (Å²) in [5, 5.41) is 55.0. The summed E-state index contributed by atoms with van der Waals surface area (Å²) in [6, 6.07) is 21.0. The minimum atomic E-state index is -0.559. The van der Waals surface area contributed by atoms with Gasteiger partial charge in [-0.3, -0.25) is 20.2 Å². The fraction of sp³-hybridized carbons (Fsp3) is 0. The number of hydrogen-bond acceptors (Lipinski definition) is 8. The summed E-state index contributed by atoms with van der Waals surface area (Å²) in [7, 11) is 0. The number of benzene rings is 4. The molecule has 0 unspecified atom stereocenters. The highest BCUT2D eigenvalue weighted by Crippen LogP contribution is 2.20. The summed E-state index contributed by atoms with van der Waals surface area (Å²) in [5.41, 5.74) is 1.68. The molecule has 0 aliphatic carbocycles. The number of nitro benzene ring substituents is 2. The van der Waals surface area contributed by atoms with Gasteiger partial charge in [-0.15, -0.1) is 9.69 Å². The van der Waals surface area contributed by atoms with Crippen molar-refractivity contribution in [3.8, 4) is 11.4 Å². The third-order valence-electron chi connectivity index (χ3n) is 5.60. The first-order valence-electron chi connectivity index (χ1n) is 11.2. The van der Waals surface area contributed by atoms with Crippen LogP contribution in [0.15, 0.2) is 84.9 Å². The van der Waals surface area contributed by atoms with Crippen molar-refractivity contribution >= 4 is 56.6 Å². The molecule has 14 nitrogen and oxygen atoms in total. The van der Waals surface area contributed by atoms with Gasteiger partial charge in [0, 0.05) is 34.3 Å². The van der Waals surface area contributed by atoms with Crippen LogP contribution in [0.2, 0.25) is 10.0 Å². The van der Waals surface area contributed by atoms with Crippen LogP contribution in [0.25, 0.3) is 33.4 Å². The number of non-ortho nitro benzene ring substituents is 2. The molecule has 6 aromatic rings. The van der Waals surface area contributed by atoms with Gasteiger partial charge in [0.15, 0.2) is 0 Å². The highest BCUT2D eigenvalue weighted by Gasteiger charge is 2.20. The fourth-order valence-electron chi connectivity index (χ4n) is 3.72. The number of nitrogens with zero attached hydrogens (tertiary/aromatic N) is 8. The zero-order valence-electron chi connectivity index (χ0n) is 19.9. The van der Waals surface area contributed by atoms with Crippen molar-refractivity contribution < 1.29 is 19.5 Å².